The molecular weight excluding hydrogens is 354 g/mol. The maximum Gasteiger partial charge on any atom is 0.255 e. The van der Waals surface area contributed by atoms with Crippen molar-refractivity contribution in [2.24, 2.45) is 0 Å². The topological polar surface area (TPSA) is 88.0 Å². The van der Waals surface area contributed by atoms with Crippen LogP contribution in [0.1, 0.15) is 11.1 Å². The van der Waals surface area contributed by atoms with Gasteiger partial charge in [-0.05, 0) is 41.5 Å². The van der Waals surface area contributed by atoms with E-state index in [-0.39, 0.29) is 5.57 Å². The Kier molecular flexibility index (Phi) is 4.78. The average molecular weight is 373 g/mol. The normalized spacial score (nSPS) is 15.1. The zero-order chi connectivity index (χ0) is 18.9. The summed E-state index contributed by atoms with van der Waals surface area (Å²) in [5.74, 6) is 0.650. The molecule has 3 N–H and O–H groups in total. The maximum atomic E-state index is 12.5. The minimum atomic E-state index is -2.94. The highest BCUT2D eigenvalue weighted by atomic mass is 32.3. The van der Waals surface area contributed by atoms with Crippen molar-refractivity contribution in [1.29, 1.82) is 0 Å². The number of ether oxygens (including phenoxy) is 2. The van der Waals surface area contributed by atoms with Crippen LogP contribution in [0, 0.1) is 0 Å². The van der Waals surface area contributed by atoms with E-state index in [0.717, 1.165) is 5.56 Å². The van der Waals surface area contributed by atoms with E-state index in [1.54, 1.807) is 42.5 Å². The smallest absolute Gasteiger partial charge is 0.255 e. The number of hydrogen-bond donors (Lipinski definition) is 3. The van der Waals surface area contributed by atoms with E-state index in [2.05, 4.69) is 11.9 Å². The van der Waals surface area contributed by atoms with E-state index in [1.807, 2.05) is 0 Å². The molecule has 0 atom stereocenters. The van der Waals surface area contributed by atoms with Crippen LogP contribution in [-0.2, 0) is 4.79 Å². The molecule has 3 rings (SSSR count). The fraction of sp³-hybridized carbons (Fsp3) is 0.105. The summed E-state index contributed by atoms with van der Waals surface area (Å²) >= 11 is 0. The zero-order valence-electron chi connectivity index (χ0n) is 14.4. The predicted octanol–water partition coefficient (Wildman–Crippen LogP) is 4.45. The van der Waals surface area contributed by atoms with Crippen LogP contribution >= 0.6 is 10.6 Å². The number of benzene rings is 2. The molecule has 2 aromatic carbocycles. The van der Waals surface area contributed by atoms with Crippen molar-refractivity contribution in [2.45, 2.75) is 4.90 Å². The molecule has 7 heteroatoms. The number of rotatable bonds is 5. The molecule has 1 amide bonds. The second kappa shape index (κ2) is 6.87. The molecule has 0 fully saturated rings. The molecule has 1 aliphatic heterocycles. The number of carbonyl (C=O) groups excluding carboxylic acids is 1. The van der Waals surface area contributed by atoms with Gasteiger partial charge in [0.1, 0.15) is 0 Å². The summed E-state index contributed by atoms with van der Waals surface area (Å²) in [7, 11) is 0.111. The minimum absolute atomic E-state index is 0.246. The minimum Gasteiger partial charge on any atom is -0.493 e. The van der Waals surface area contributed by atoms with E-state index in [4.69, 9.17) is 9.47 Å². The Morgan fingerprint density at radius 1 is 1.08 bits per heavy atom. The van der Waals surface area contributed by atoms with Gasteiger partial charge in [0.2, 0.25) is 0 Å². The fourth-order valence-corrected chi connectivity index (χ4v) is 3.88. The van der Waals surface area contributed by atoms with Crippen molar-refractivity contribution >= 4 is 33.8 Å². The lowest BCUT2D eigenvalue weighted by atomic mass is 10.1. The van der Waals surface area contributed by atoms with Crippen LogP contribution in [-0.4, -0.2) is 29.2 Å². The molecule has 136 valence electrons. The van der Waals surface area contributed by atoms with Gasteiger partial charge in [0, 0.05) is 16.7 Å². The molecular formula is C19H19NO5S. The molecule has 26 heavy (non-hydrogen) atoms. The number of hydrogen-bond acceptors (Lipinski definition) is 5. The average Bonchev–Trinajstić information content (AvgIpc) is 2.95. The molecule has 0 saturated carbocycles. The monoisotopic (exact) mass is 373 g/mol. The van der Waals surface area contributed by atoms with Crippen LogP contribution in [0.3, 0.4) is 0 Å². The Hall–Kier alpha value is -2.74. The molecule has 0 aromatic heterocycles. The van der Waals surface area contributed by atoms with Gasteiger partial charge in [0.05, 0.1) is 19.1 Å². The highest BCUT2D eigenvalue weighted by Crippen LogP contribution is 2.56. The summed E-state index contributed by atoms with van der Waals surface area (Å²) in [6.45, 7) is 3.84. The summed E-state index contributed by atoms with van der Waals surface area (Å²) in [5, 5.41) is 4.09. The molecule has 0 radical (unpaired) electrons. The third-order valence-corrected chi connectivity index (χ3v) is 5.56. The van der Waals surface area contributed by atoms with Crippen LogP contribution < -0.4 is 14.8 Å². The van der Waals surface area contributed by atoms with E-state index in [1.165, 1.54) is 19.6 Å². The Bertz CT molecular complexity index is 920. The molecule has 2 aromatic rings. The standard InChI is InChI=1S/C19H19NO5S/c1-12(14-5-7-16(24-2)17(10-14)25-3)19(21)20-15-6-4-13-8-9-26(22,23)18(13)11-15/h4-11,22-23H,1H2,2-3H3,(H,20,21). The predicted molar refractivity (Wildman–Crippen MR) is 104 cm³/mol. The molecule has 0 spiro atoms. The summed E-state index contributed by atoms with van der Waals surface area (Å²) in [6, 6.07) is 10.1. The van der Waals surface area contributed by atoms with Gasteiger partial charge in [-0.25, -0.2) is 0 Å². The number of carbonyl (C=O) groups is 1. The first-order chi connectivity index (χ1) is 12.4. The SMILES string of the molecule is C=C(C(=O)Nc1ccc2c(c1)S(O)(O)C=C2)c1ccc(OC)c(OC)c1. The second-order valence-corrected chi connectivity index (χ2v) is 7.55. The van der Waals surface area contributed by atoms with Gasteiger partial charge in [-0.3, -0.25) is 13.9 Å². The highest BCUT2D eigenvalue weighted by molar-refractivity contribution is 8.27. The van der Waals surface area contributed by atoms with Crippen molar-refractivity contribution in [3.05, 3.63) is 59.5 Å². The first-order valence-corrected chi connectivity index (χ1v) is 9.30. The van der Waals surface area contributed by atoms with Crippen LogP contribution in [0.25, 0.3) is 11.6 Å². The van der Waals surface area contributed by atoms with E-state index in [9.17, 15) is 13.9 Å². The molecule has 1 heterocycles. The lowest BCUT2D eigenvalue weighted by Crippen LogP contribution is -2.13. The third-order valence-electron chi connectivity index (χ3n) is 4.04. The quantitative estimate of drug-likeness (QED) is 0.674. The zero-order valence-corrected chi connectivity index (χ0v) is 15.2. The number of methoxy groups -OCH3 is 2. The van der Waals surface area contributed by atoms with Gasteiger partial charge < -0.3 is 14.8 Å². The van der Waals surface area contributed by atoms with Crippen molar-refractivity contribution in [1.82, 2.24) is 0 Å². The highest BCUT2D eigenvalue weighted by Gasteiger charge is 2.22. The lowest BCUT2D eigenvalue weighted by molar-refractivity contribution is -0.111. The number of amides is 1. The number of nitrogens with one attached hydrogen (secondary N) is 1. The van der Waals surface area contributed by atoms with Crippen LogP contribution in [0.2, 0.25) is 0 Å². The lowest BCUT2D eigenvalue weighted by Gasteiger charge is -2.25. The third kappa shape index (κ3) is 3.32. The van der Waals surface area contributed by atoms with Gasteiger partial charge in [-0.1, -0.05) is 18.7 Å². The van der Waals surface area contributed by atoms with E-state index < -0.39 is 16.5 Å². The van der Waals surface area contributed by atoms with Gasteiger partial charge in [0.25, 0.3) is 5.91 Å². The summed E-state index contributed by atoms with van der Waals surface area (Å²) in [6.07, 6.45) is 1.65. The van der Waals surface area contributed by atoms with Crippen molar-refractivity contribution < 1.29 is 23.4 Å². The first kappa shape index (κ1) is 18.1. The van der Waals surface area contributed by atoms with Crippen LogP contribution in [0.4, 0.5) is 5.69 Å². The molecule has 0 unspecified atom stereocenters. The van der Waals surface area contributed by atoms with Crippen molar-refractivity contribution in [2.75, 3.05) is 19.5 Å². The van der Waals surface area contributed by atoms with Crippen molar-refractivity contribution in [3.8, 4) is 11.5 Å². The molecule has 6 nitrogen and oxygen atoms in total. The Balaban J connectivity index is 1.80. The number of anilines is 1. The molecule has 0 bridgehead atoms. The fourth-order valence-electron chi connectivity index (χ4n) is 2.61. The Labute approximate surface area is 153 Å². The molecule has 1 aliphatic rings. The number of fused-ring (bicyclic) bond motifs is 1. The van der Waals surface area contributed by atoms with Crippen molar-refractivity contribution in [3.63, 3.8) is 0 Å². The van der Waals surface area contributed by atoms with Gasteiger partial charge in [-0.2, -0.15) is 0 Å². The van der Waals surface area contributed by atoms with E-state index in [0.29, 0.717) is 27.6 Å². The first-order valence-electron chi connectivity index (χ1n) is 7.69. The van der Waals surface area contributed by atoms with Gasteiger partial charge >= 0.3 is 0 Å². The Morgan fingerprint density at radius 2 is 1.81 bits per heavy atom. The van der Waals surface area contributed by atoms with Gasteiger partial charge in [0.15, 0.2) is 11.5 Å². The van der Waals surface area contributed by atoms with E-state index >= 15 is 0 Å². The van der Waals surface area contributed by atoms with Crippen LogP contribution in [0.15, 0.2) is 53.3 Å². The maximum absolute atomic E-state index is 12.5. The summed E-state index contributed by atoms with van der Waals surface area (Å²) < 4.78 is 30.4. The molecule has 0 saturated heterocycles. The Morgan fingerprint density at radius 3 is 2.50 bits per heavy atom. The van der Waals surface area contributed by atoms with Gasteiger partial charge in [-0.15, -0.1) is 10.6 Å². The summed E-state index contributed by atoms with van der Waals surface area (Å²) in [4.78, 5) is 12.9. The second-order valence-electron chi connectivity index (χ2n) is 5.65. The summed E-state index contributed by atoms with van der Waals surface area (Å²) in [5.41, 5.74) is 2.02. The van der Waals surface area contributed by atoms with Crippen LogP contribution in [0.5, 0.6) is 11.5 Å². The molecule has 0 aliphatic carbocycles. The largest absolute Gasteiger partial charge is 0.493 e.